The molecule has 1 N–H and O–H groups in total. The maximum Gasteiger partial charge on any atom is 0.335 e. The molecule has 40 heavy (non-hydrogen) atoms. The van der Waals surface area contributed by atoms with Gasteiger partial charge in [-0.1, -0.05) is 48.0 Å². The molecule has 9 heteroatoms. The van der Waals surface area contributed by atoms with Crippen LogP contribution in [0, 0.1) is 0 Å². The van der Waals surface area contributed by atoms with E-state index < -0.39 is 17.8 Å². The third kappa shape index (κ3) is 6.90. The molecule has 3 aromatic rings. The molecule has 3 aromatic carbocycles. The number of hydrogen-bond donors (Lipinski definition) is 1. The van der Waals surface area contributed by atoms with Gasteiger partial charge < -0.3 is 14.2 Å². The summed E-state index contributed by atoms with van der Waals surface area (Å²) in [5, 5.41) is 2.23. The molecule has 0 aliphatic carbocycles. The van der Waals surface area contributed by atoms with Crippen LogP contribution in [0.15, 0.2) is 76.8 Å². The number of amides is 4. The highest BCUT2D eigenvalue weighted by atomic mass is 79.9. The fraction of sp³-hybridized carbons (Fsp3) is 0.258. The molecule has 1 atom stereocenters. The van der Waals surface area contributed by atoms with Crippen molar-refractivity contribution >= 4 is 45.5 Å². The van der Waals surface area contributed by atoms with Crippen LogP contribution in [0.25, 0.3) is 6.08 Å². The number of imide groups is 2. The van der Waals surface area contributed by atoms with Gasteiger partial charge in [-0.05, 0) is 85.0 Å². The van der Waals surface area contributed by atoms with Gasteiger partial charge in [0.1, 0.15) is 24.5 Å². The molecule has 0 aromatic heterocycles. The van der Waals surface area contributed by atoms with Crippen molar-refractivity contribution in [2.45, 2.75) is 33.1 Å². The summed E-state index contributed by atoms with van der Waals surface area (Å²) in [6.45, 7) is 7.23. The van der Waals surface area contributed by atoms with Crippen LogP contribution in [0.1, 0.15) is 44.2 Å². The summed E-state index contributed by atoms with van der Waals surface area (Å²) in [7, 11) is 0. The standard InChI is InChI=1S/C31H31BrN2O6/c1-4-20(3)22-7-13-25(14-8-22)39-16-17-40-27-15-6-21(19-28(27)38-5-2)18-26-29(35)33-31(37)34(30(26)36)24-11-9-23(32)10-12-24/h6-15,18-20H,4-5,16-17H2,1-3H3,(H,33,35,37). The van der Waals surface area contributed by atoms with Crippen LogP contribution in [-0.2, 0) is 9.59 Å². The first kappa shape index (κ1) is 28.9. The smallest absolute Gasteiger partial charge is 0.335 e. The summed E-state index contributed by atoms with van der Waals surface area (Å²) >= 11 is 3.33. The van der Waals surface area contributed by atoms with E-state index in [-0.39, 0.29) is 5.57 Å². The van der Waals surface area contributed by atoms with E-state index in [4.69, 9.17) is 14.2 Å². The van der Waals surface area contributed by atoms with Gasteiger partial charge in [0, 0.05) is 4.47 Å². The molecular formula is C31H31BrN2O6. The number of hydrogen-bond acceptors (Lipinski definition) is 6. The Morgan fingerprint density at radius 3 is 2.25 bits per heavy atom. The van der Waals surface area contributed by atoms with Gasteiger partial charge in [0.15, 0.2) is 11.5 Å². The Hall–Kier alpha value is -4.11. The molecule has 8 nitrogen and oxygen atoms in total. The van der Waals surface area contributed by atoms with Gasteiger partial charge in [0.2, 0.25) is 0 Å². The summed E-state index contributed by atoms with van der Waals surface area (Å²) in [5.41, 5.74) is 1.99. The number of ether oxygens (including phenoxy) is 3. The Kier molecular flexibility index (Phi) is 9.60. The van der Waals surface area contributed by atoms with Crippen LogP contribution in [0.5, 0.6) is 17.2 Å². The van der Waals surface area contributed by atoms with Gasteiger partial charge >= 0.3 is 6.03 Å². The highest BCUT2D eigenvalue weighted by Gasteiger charge is 2.36. The number of urea groups is 1. The molecule has 0 spiro atoms. The molecule has 1 fully saturated rings. The molecule has 4 rings (SSSR count). The van der Waals surface area contributed by atoms with E-state index in [2.05, 4.69) is 47.2 Å². The first-order valence-electron chi connectivity index (χ1n) is 13.1. The number of halogens is 1. The van der Waals surface area contributed by atoms with Crippen LogP contribution >= 0.6 is 15.9 Å². The number of benzene rings is 3. The number of anilines is 1. The SMILES string of the molecule is CCOc1cc(C=C2C(=O)NC(=O)N(c3ccc(Br)cc3)C2=O)ccc1OCCOc1ccc(C(C)CC)cc1. The van der Waals surface area contributed by atoms with Crippen molar-refractivity contribution in [2.75, 3.05) is 24.7 Å². The van der Waals surface area contributed by atoms with Crippen molar-refractivity contribution in [1.29, 1.82) is 0 Å². The highest BCUT2D eigenvalue weighted by molar-refractivity contribution is 9.10. The van der Waals surface area contributed by atoms with Crippen molar-refractivity contribution in [3.63, 3.8) is 0 Å². The minimum Gasteiger partial charge on any atom is -0.490 e. The van der Waals surface area contributed by atoms with Crippen molar-refractivity contribution in [2.24, 2.45) is 0 Å². The Labute approximate surface area is 242 Å². The fourth-order valence-electron chi connectivity index (χ4n) is 4.09. The average molecular weight is 608 g/mol. The number of carbonyl (C=O) groups is 3. The number of nitrogens with zero attached hydrogens (tertiary/aromatic N) is 1. The van der Waals surface area contributed by atoms with Crippen molar-refractivity contribution < 1.29 is 28.6 Å². The summed E-state index contributed by atoms with van der Waals surface area (Å²) < 4.78 is 18.3. The topological polar surface area (TPSA) is 94.2 Å². The van der Waals surface area contributed by atoms with E-state index in [0.29, 0.717) is 48.5 Å². The van der Waals surface area contributed by atoms with Crippen molar-refractivity contribution in [1.82, 2.24) is 5.32 Å². The summed E-state index contributed by atoms with van der Waals surface area (Å²) in [5.74, 6) is 0.755. The molecule has 0 saturated carbocycles. The maximum absolute atomic E-state index is 13.2. The summed E-state index contributed by atoms with van der Waals surface area (Å²) in [6.07, 6.45) is 2.51. The lowest BCUT2D eigenvalue weighted by Gasteiger charge is -2.26. The predicted molar refractivity (Wildman–Crippen MR) is 157 cm³/mol. The molecule has 1 aliphatic rings. The molecule has 1 heterocycles. The largest absolute Gasteiger partial charge is 0.490 e. The van der Waals surface area contributed by atoms with E-state index in [0.717, 1.165) is 21.5 Å². The maximum atomic E-state index is 13.2. The Morgan fingerprint density at radius 1 is 0.875 bits per heavy atom. The molecule has 1 aliphatic heterocycles. The second-order valence-corrected chi connectivity index (χ2v) is 10.1. The lowest BCUT2D eigenvalue weighted by molar-refractivity contribution is -0.122. The second-order valence-electron chi connectivity index (χ2n) is 9.15. The molecule has 0 radical (unpaired) electrons. The zero-order chi connectivity index (χ0) is 28.6. The average Bonchev–Trinajstić information content (AvgIpc) is 2.95. The minimum absolute atomic E-state index is 0.175. The van der Waals surface area contributed by atoms with Crippen LogP contribution in [0.3, 0.4) is 0 Å². The number of barbiturate groups is 1. The first-order chi connectivity index (χ1) is 19.3. The highest BCUT2D eigenvalue weighted by Crippen LogP contribution is 2.31. The van der Waals surface area contributed by atoms with Crippen LogP contribution in [0.4, 0.5) is 10.5 Å². The zero-order valence-electron chi connectivity index (χ0n) is 22.6. The van der Waals surface area contributed by atoms with Gasteiger partial charge in [-0.3, -0.25) is 14.9 Å². The summed E-state index contributed by atoms with van der Waals surface area (Å²) in [6, 6.07) is 19.0. The monoisotopic (exact) mass is 606 g/mol. The number of nitrogens with one attached hydrogen (secondary N) is 1. The number of rotatable bonds is 11. The molecule has 1 saturated heterocycles. The third-order valence-corrected chi connectivity index (χ3v) is 6.96. The van der Waals surface area contributed by atoms with Crippen LogP contribution in [0.2, 0.25) is 0 Å². The van der Waals surface area contributed by atoms with Gasteiger partial charge in [-0.2, -0.15) is 0 Å². The zero-order valence-corrected chi connectivity index (χ0v) is 24.2. The van der Waals surface area contributed by atoms with E-state index in [1.54, 1.807) is 42.5 Å². The minimum atomic E-state index is -0.804. The van der Waals surface area contributed by atoms with Gasteiger partial charge in [-0.15, -0.1) is 0 Å². The van der Waals surface area contributed by atoms with E-state index >= 15 is 0 Å². The quantitative estimate of drug-likeness (QED) is 0.152. The fourth-order valence-corrected chi connectivity index (χ4v) is 4.35. The predicted octanol–water partition coefficient (Wildman–Crippen LogP) is 6.49. The van der Waals surface area contributed by atoms with Gasteiger partial charge in [0.25, 0.3) is 11.8 Å². The Morgan fingerprint density at radius 2 is 1.57 bits per heavy atom. The molecule has 0 bridgehead atoms. The third-order valence-electron chi connectivity index (χ3n) is 6.44. The lowest BCUT2D eigenvalue weighted by atomic mass is 9.99. The molecular weight excluding hydrogens is 576 g/mol. The van der Waals surface area contributed by atoms with Crippen LogP contribution < -0.4 is 24.4 Å². The van der Waals surface area contributed by atoms with E-state index in [1.807, 2.05) is 19.1 Å². The molecule has 1 unspecified atom stereocenters. The van der Waals surface area contributed by atoms with Crippen LogP contribution in [-0.4, -0.2) is 37.7 Å². The lowest BCUT2D eigenvalue weighted by Crippen LogP contribution is -2.54. The first-order valence-corrected chi connectivity index (χ1v) is 13.9. The van der Waals surface area contributed by atoms with Crippen molar-refractivity contribution in [3.8, 4) is 17.2 Å². The summed E-state index contributed by atoms with van der Waals surface area (Å²) in [4.78, 5) is 39.1. The normalized spacial score (nSPS) is 15.2. The van der Waals surface area contributed by atoms with Gasteiger partial charge in [-0.25, -0.2) is 9.69 Å². The van der Waals surface area contributed by atoms with E-state index in [1.165, 1.54) is 11.6 Å². The number of carbonyl (C=O) groups excluding carboxylic acids is 3. The Balaban J connectivity index is 1.45. The van der Waals surface area contributed by atoms with Gasteiger partial charge in [0.05, 0.1) is 12.3 Å². The second kappa shape index (κ2) is 13.3. The molecule has 4 amide bonds. The Bertz CT molecular complexity index is 1400. The molecule has 208 valence electrons. The van der Waals surface area contributed by atoms with E-state index in [9.17, 15) is 14.4 Å². The van der Waals surface area contributed by atoms with Crippen molar-refractivity contribution in [3.05, 3.63) is 87.9 Å².